The number of ether oxygens (including phenoxy) is 1. The van der Waals surface area contributed by atoms with Crippen molar-refractivity contribution in [3.63, 3.8) is 0 Å². The van der Waals surface area contributed by atoms with Crippen molar-refractivity contribution in [2.24, 2.45) is 0 Å². The second-order valence-corrected chi connectivity index (χ2v) is 9.34. The predicted octanol–water partition coefficient (Wildman–Crippen LogP) is 4.76. The first kappa shape index (κ1) is 23.4. The summed E-state index contributed by atoms with van der Waals surface area (Å²) in [4.78, 5) is -0.0667. The first-order valence-corrected chi connectivity index (χ1v) is 10.7. The lowest BCUT2D eigenvalue weighted by Gasteiger charge is -2.27. The van der Waals surface area contributed by atoms with Crippen molar-refractivity contribution in [2.45, 2.75) is 48.6 Å². The Morgan fingerprint density at radius 3 is 2.32 bits per heavy atom. The van der Waals surface area contributed by atoms with Gasteiger partial charge in [0.05, 0.1) is 28.7 Å². The first-order chi connectivity index (χ1) is 14.2. The Kier molecular flexibility index (Phi) is 5.78. The van der Waals surface area contributed by atoms with Gasteiger partial charge >= 0.3 is 18.0 Å². The minimum absolute atomic E-state index is 0.0634. The quantitative estimate of drug-likeness (QED) is 0.518. The largest absolute Gasteiger partial charge is 0.484 e. The highest BCUT2D eigenvalue weighted by molar-refractivity contribution is 7.91. The molecule has 1 heterocycles. The number of rotatable bonds is 8. The van der Waals surface area contributed by atoms with Crippen LogP contribution < -0.4 is 4.74 Å². The second-order valence-electron chi connectivity index (χ2n) is 7.09. The molecule has 13 heteroatoms. The first-order valence-electron chi connectivity index (χ1n) is 9.06. The Morgan fingerprint density at radius 1 is 1.13 bits per heavy atom. The fourth-order valence-corrected chi connectivity index (χ4v) is 3.89. The molecule has 0 unspecified atom stereocenters. The molecule has 1 saturated carbocycles. The zero-order chi connectivity index (χ0) is 23.2. The molecule has 2 aromatic rings. The van der Waals surface area contributed by atoms with Gasteiger partial charge in [-0.25, -0.2) is 13.1 Å². The van der Waals surface area contributed by atoms with Gasteiger partial charge in [0.25, 0.3) is 0 Å². The normalized spacial score (nSPS) is 15.9. The van der Waals surface area contributed by atoms with Gasteiger partial charge in [-0.3, -0.25) is 0 Å². The molecule has 0 bridgehead atoms. The summed E-state index contributed by atoms with van der Waals surface area (Å²) in [6.45, 7) is -0.824. The summed E-state index contributed by atoms with van der Waals surface area (Å²) in [5, 5.41) is 3.77. The number of nitrogens with zero attached hydrogens (tertiary/aromatic N) is 2. The van der Waals surface area contributed by atoms with Gasteiger partial charge < -0.3 is 4.74 Å². The molecule has 0 saturated heterocycles. The summed E-state index contributed by atoms with van der Waals surface area (Å²) in [6.07, 6.45) is -2.90. The van der Waals surface area contributed by atoms with Crippen LogP contribution in [0.4, 0.5) is 30.7 Å². The summed E-state index contributed by atoms with van der Waals surface area (Å²) < 4.78 is 120. The molecule has 172 valence electrons. The van der Waals surface area contributed by atoms with Gasteiger partial charge in [-0.2, -0.15) is 35.8 Å². The lowest BCUT2D eigenvalue weighted by molar-refractivity contribution is -0.358. The Labute approximate surface area is 172 Å². The molecule has 31 heavy (non-hydrogen) atoms. The van der Waals surface area contributed by atoms with Crippen LogP contribution in [-0.2, 0) is 9.84 Å². The van der Waals surface area contributed by atoms with Crippen molar-refractivity contribution in [3.8, 4) is 11.4 Å². The minimum atomic E-state index is -6.46. The van der Waals surface area contributed by atoms with Crippen LogP contribution in [0.2, 0.25) is 0 Å². The molecule has 0 atom stereocenters. The molecule has 1 aliphatic rings. The molecule has 5 nitrogen and oxygen atoms in total. The predicted molar refractivity (Wildman–Crippen MR) is 94.7 cm³/mol. The van der Waals surface area contributed by atoms with E-state index in [9.17, 15) is 39.2 Å². The maximum atomic E-state index is 13.4. The number of alkyl halides is 7. The van der Waals surface area contributed by atoms with E-state index < -0.39 is 40.2 Å². The van der Waals surface area contributed by atoms with E-state index in [-0.39, 0.29) is 22.3 Å². The van der Waals surface area contributed by atoms with Crippen molar-refractivity contribution >= 4 is 9.84 Å². The van der Waals surface area contributed by atoms with Crippen LogP contribution in [0.15, 0.2) is 35.5 Å². The third-order valence-electron chi connectivity index (χ3n) is 4.79. The third-order valence-corrected chi connectivity index (χ3v) is 6.55. The Hall–Kier alpha value is -2.31. The molecular formula is C18H17F7N2O3S. The zero-order valence-corrected chi connectivity index (χ0v) is 16.8. The smallest absolute Gasteiger partial charge is 0.460 e. The molecule has 1 aromatic heterocycles. The zero-order valence-electron chi connectivity index (χ0n) is 16.0. The number of hydrogen-bond donors (Lipinski definition) is 0. The standard InChI is InChI=1S/C18H17F7N2O3S/c1-2-31(28,29)15-7-12(11-3-4-11)5-6-14(15)27-9-13(8-26-27)30-10-16(19,20)17(21,22)18(23,24)25/h5-9,11H,2-4,10H2,1H3. The van der Waals surface area contributed by atoms with Crippen molar-refractivity contribution in [3.05, 3.63) is 36.2 Å². The topological polar surface area (TPSA) is 61.2 Å². The fraction of sp³-hybridized carbons (Fsp3) is 0.500. The SMILES string of the molecule is CCS(=O)(=O)c1cc(C2CC2)ccc1-n1cc(OCC(F)(F)C(F)(F)C(F)(F)F)cn1. The lowest BCUT2D eigenvalue weighted by Crippen LogP contribution is -2.54. The number of aromatic nitrogens is 2. The van der Waals surface area contributed by atoms with E-state index in [4.69, 9.17) is 0 Å². The van der Waals surface area contributed by atoms with Crippen LogP contribution in [0.5, 0.6) is 5.75 Å². The minimum Gasteiger partial charge on any atom is -0.484 e. The summed E-state index contributed by atoms with van der Waals surface area (Å²) >= 11 is 0. The maximum Gasteiger partial charge on any atom is 0.460 e. The van der Waals surface area contributed by atoms with Crippen molar-refractivity contribution in [1.82, 2.24) is 9.78 Å². The van der Waals surface area contributed by atoms with Crippen LogP contribution >= 0.6 is 0 Å². The van der Waals surface area contributed by atoms with E-state index in [1.165, 1.54) is 19.1 Å². The van der Waals surface area contributed by atoms with Crippen LogP contribution in [-0.4, -0.2) is 48.6 Å². The van der Waals surface area contributed by atoms with E-state index in [0.29, 0.717) is 0 Å². The summed E-state index contributed by atoms with van der Waals surface area (Å²) in [5.74, 6) is -12.3. The highest BCUT2D eigenvalue weighted by Crippen LogP contribution is 2.46. The van der Waals surface area contributed by atoms with Crippen LogP contribution in [0.25, 0.3) is 5.69 Å². The van der Waals surface area contributed by atoms with Crippen LogP contribution in [0.1, 0.15) is 31.2 Å². The van der Waals surface area contributed by atoms with Crippen molar-refractivity contribution in [2.75, 3.05) is 12.4 Å². The average Bonchev–Trinajstić information content (AvgIpc) is 3.43. The number of sulfone groups is 1. The van der Waals surface area contributed by atoms with Gasteiger partial charge in [-0.1, -0.05) is 13.0 Å². The molecule has 1 fully saturated rings. The molecule has 0 amide bonds. The molecule has 1 aliphatic carbocycles. The monoisotopic (exact) mass is 474 g/mol. The van der Waals surface area contributed by atoms with E-state index >= 15 is 0 Å². The van der Waals surface area contributed by atoms with E-state index in [2.05, 4.69) is 9.84 Å². The maximum absolute atomic E-state index is 13.4. The number of halogens is 7. The molecule has 0 radical (unpaired) electrons. The Balaban J connectivity index is 1.86. The molecule has 0 spiro atoms. The van der Waals surface area contributed by atoms with Crippen LogP contribution in [0.3, 0.4) is 0 Å². The third kappa shape index (κ3) is 4.51. The van der Waals surface area contributed by atoms with Gasteiger partial charge in [0.2, 0.25) is 0 Å². The van der Waals surface area contributed by atoms with Crippen molar-refractivity contribution in [1.29, 1.82) is 0 Å². The molecule has 1 aromatic carbocycles. The summed E-state index contributed by atoms with van der Waals surface area (Å²) in [6, 6.07) is 4.63. The van der Waals surface area contributed by atoms with Gasteiger partial charge in [0.15, 0.2) is 22.2 Å². The van der Waals surface area contributed by atoms with Crippen LogP contribution in [0, 0.1) is 0 Å². The second kappa shape index (κ2) is 7.68. The number of hydrogen-bond acceptors (Lipinski definition) is 4. The molecular weight excluding hydrogens is 457 g/mol. The van der Waals surface area contributed by atoms with Gasteiger partial charge in [0.1, 0.15) is 0 Å². The summed E-state index contributed by atoms with van der Waals surface area (Å²) in [5.41, 5.74) is 0.877. The highest BCUT2D eigenvalue weighted by atomic mass is 32.2. The van der Waals surface area contributed by atoms with Crippen molar-refractivity contribution < 1.29 is 43.9 Å². The molecule has 3 rings (SSSR count). The summed E-state index contributed by atoms with van der Waals surface area (Å²) in [7, 11) is -3.71. The number of benzene rings is 1. The molecule has 0 N–H and O–H groups in total. The fourth-order valence-electron chi connectivity index (χ4n) is 2.78. The van der Waals surface area contributed by atoms with Gasteiger partial charge in [-0.15, -0.1) is 0 Å². The Bertz CT molecular complexity index is 1060. The van der Waals surface area contributed by atoms with E-state index in [0.717, 1.165) is 35.5 Å². The van der Waals surface area contributed by atoms with E-state index in [1.54, 1.807) is 6.07 Å². The van der Waals surface area contributed by atoms with Gasteiger partial charge in [-0.05, 0) is 36.5 Å². The molecule has 0 aliphatic heterocycles. The highest BCUT2D eigenvalue weighted by Gasteiger charge is 2.73. The lowest BCUT2D eigenvalue weighted by atomic mass is 10.1. The van der Waals surface area contributed by atoms with E-state index in [1.807, 2.05) is 0 Å². The average molecular weight is 474 g/mol. The Morgan fingerprint density at radius 2 is 1.77 bits per heavy atom. The van der Waals surface area contributed by atoms with Gasteiger partial charge in [0, 0.05) is 0 Å².